The van der Waals surface area contributed by atoms with Gasteiger partial charge < -0.3 is 15.6 Å². The minimum atomic E-state index is -0.830. The number of unbranched alkanes of at least 4 members (excludes halogenated alkanes) is 2. The van der Waals surface area contributed by atoms with Crippen molar-refractivity contribution in [1.82, 2.24) is 0 Å². The second kappa shape index (κ2) is 11.6. The van der Waals surface area contributed by atoms with E-state index >= 15 is 0 Å². The van der Waals surface area contributed by atoms with Crippen LogP contribution in [0.3, 0.4) is 0 Å². The van der Waals surface area contributed by atoms with Crippen molar-refractivity contribution in [3.63, 3.8) is 0 Å². The van der Waals surface area contributed by atoms with Crippen LogP contribution in [0.1, 0.15) is 37.7 Å². The van der Waals surface area contributed by atoms with Gasteiger partial charge in [-0.3, -0.25) is 9.59 Å². The molecule has 0 amide bonds. The quantitative estimate of drug-likeness (QED) is 0.465. The van der Waals surface area contributed by atoms with Gasteiger partial charge in [0.1, 0.15) is 12.4 Å². The number of aliphatic carboxylic acids is 1. The van der Waals surface area contributed by atoms with Crippen LogP contribution < -0.4 is 5.73 Å². The van der Waals surface area contributed by atoms with Crippen LogP contribution in [-0.2, 0) is 20.9 Å². The number of carboxylic acids is 1. The molecule has 0 saturated heterocycles. The molecule has 0 aliphatic carbocycles. The van der Waals surface area contributed by atoms with Crippen molar-refractivity contribution < 1.29 is 24.2 Å². The van der Waals surface area contributed by atoms with Gasteiger partial charge in [0.05, 0.1) is 6.04 Å². The number of ether oxygens (including phenoxy) is 1. The Kier molecular flexibility index (Phi) is 9.79. The van der Waals surface area contributed by atoms with E-state index < -0.39 is 17.3 Å². The molecule has 0 aliphatic heterocycles. The van der Waals surface area contributed by atoms with Crippen LogP contribution in [0.25, 0.3) is 0 Å². The summed E-state index contributed by atoms with van der Waals surface area (Å²) in [5.74, 6) is -0.765. The molecular formula is C17H23NO5S. The van der Waals surface area contributed by atoms with E-state index in [0.29, 0.717) is 25.7 Å². The fourth-order valence-corrected chi connectivity index (χ4v) is 2.59. The van der Waals surface area contributed by atoms with Gasteiger partial charge in [0.15, 0.2) is 0 Å². The van der Waals surface area contributed by atoms with E-state index in [4.69, 9.17) is 15.6 Å². The summed E-state index contributed by atoms with van der Waals surface area (Å²) in [5, 5.41) is 8.06. The number of rotatable bonds is 11. The number of benzene rings is 1. The molecule has 1 aromatic carbocycles. The summed E-state index contributed by atoms with van der Waals surface area (Å²) in [6, 6.07) is 8.61. The number of carboxylic acid groups (broad SMARTS) is 1. The normalized spacial score (nSPS) is 11.7. The molecule has 0 radical (unpaired) electrons. The number of ketones is 1. The van der Waals surface area contributed by atoms with Gasteiger partial charge in [-0.1, -0.05) is 36.8 Å². The number of hydrogen-bond acceptors (Lipinski definition) is 6. The Morgan fingerprint density at radius 1 is 1.08 bits per heavy atom. The number of Topliss-reactive ketones (excluding diaryl/α,β-unsaturated/α-hetero) is 1. The summed E-state index contributed by atoms with van der Waals surface area (Å²) >= 11 is 0.895. The van der Waals surface area contributed by atoms with Gasteiger partial charge in [0, 0.05) is 18.6 Å². The first-order valence-electron chi connectivity index (χ1n) is 7.82. The first kappa shape index (κ1) is 20.2. The second-order valence-electron chi connectivity index (χ2n) is 5.36. The van der Waals surface area contributed by atoms with E-state index in [1.807, 2.05) is 30.3 Å². The molecule has 0 bridgehead atoms. The molecule has 132 valence electrons. The summed E-state index contributed by atoms with van der Waals surface area (Å²) in [4.78, 5) is 33.8. The average molecular weight is 353 g/mol. The van der Waals surface area contributed by atoms with Crippen molar-refractivity contribution in [3.05, 3.63) is 35.9 Å². The lowest BCUT2D eigenvalue weighted by Crippen LogP contribution is -2.33. The minimum absolute atomic E-state index is 0.114. The number of carbonyl (C=O) groups excluding carboxylic acids is 2. The molecule has 0 aromatic heterocycles. The Balaban J connectivity index is 2.12. The molecule has 0 spiro atoms. The predicted octanol–water partition coefficient (Wildman–Crippen LogP) is 2.99. The standard InChI is InChI=1S/C17H23NO5S/c18-14(15(19)9-5-2-6-10-16(20)21)12-24-17(22)23-11-13-7-3-1-4-8-13/h1,3-4,7-8,14H,2,5-6,9-12,18H2,(H,20,21)/t14-/m0/s1. The van der Waals surface area contributed by atoms with Gasteiger partial charge >= 0.3 is 11.3 Å². The summed E-state index contributed by atoms with van der Waals surface area (Å²) in [6.07, 6.45) is 2.27. The molecular weight excluding hydrogens is 330 g/mol. The van der Waals surface area contributed by atoms with E-state index in [2.05, 4.69) is 0 Å². The summed E-state index contributed by atoms with van der Waals surface area (Å²) < 4.78 is 5.10. The molecule has 0 saturated carbocycles. The van der Waals surface area contributed by atoms with Gasteiger partial charge in [-0.05, 0) is 30.2 Å². The van der Waals surface area contributed by atoms with E-state index in [0.717, 1.165) is 17.3 Å². The predicted molar refractivity (Wildman–Crippen MR) is 92.8 cm³/mol. The molecule has 0 unspecified atom stereocenters. The first-order chi connectivity index (χ1) is 11.5. The molecule has 3 N–H and O–H groups in total. The Bertz CT molecular complexity index is 535. The number of nitrogens with two attached hydrogens (primary N) is 1. The summed E-state index contributed by atoms with van der Waals surface area (Å²) in [6.45, 7) is 0.194. The highest BCUT2D eigenvalue weighted by molar-refractivity contribution is 8.13. The lowest BCUT2D eigenvalue weighted by atomic mass is 10.1. The van der Waals surface area contributed by atoms with Crippen molar-refractivity contribution in [2.24, 2.45) is 5.73 Å². The lowest BCUT2D eigenvalue weighted by Gasteiger charge is -2.10. The molecule has 1 rings (SSSR count). The van der Waals surface area contributed by atoms with Crippen molar-refractivity contribution >= 4 is 28.8 Å². The molecule has 0 heterocycles. The van der Waals surface area contributed by atoms with E-state index in [1.165, 1.54) is 0 Å². The second-order valence-corrected chi connectivity index (χ2v) is 6.32. The van der Waals surface area contributed by atoms with Crippen molar-refractivity contribution in [2.75, 3.05) is 5.75 Å². The average Bonchev–Trinajstić information content (AvgIpc) is 2.58. The van der Waals surface area contributed by atoms with E-state index in [1.54, 1.807) is 0 Å². The largest absolute Gasteiger partial charge is 0.481 e. The SMILES string of the molecule is N[C@@H](CSC(=O)OCc1ccccc1)C(=O)CCCCCC(=O)O. The monoisotopic (exact) mass is 353 g/mol. The van der Waals surface area contributed by atoms with Crippen molar-refractivity contribution in [2.45, 2.75) is 44.8 Å². The Morgan fingerprint density at radius 3 is 2.42 bits per heavy atom. The smallest absolute Gasteiger partial charge is 0.367 e. The van der Waals surface area contributed by atoms with Gasteiger partial charge in [-0.2, -0.15) is 0 Å². The summed E-state index contributed by atoms with van der Waals surface area (Å²) in [5.41, 5.74) is 6.66. The maximum Gasteiger partial charge on any atom is 0.367 e. The van der Waals surface area contributed by atoms with Gasteiger partial charge in [0.2, 0.25) is 0 Å². The zero-order chi connectivity index (χ0) is 17.8. The van der Waals surface area contributed by atoms with Crippen LogP contribution in [0.5, 0.6) is 0 Å². The molecule has 0 aliphatic rings. The maximum absolute atomic E-state index is 11.8. The third-order valence-electron chi connectivity index (χ3n) is 3.31. The third-order valence-corrected chi connectivity index (χ3v) is 4.19. The van der Waals surface area contributed by atoms with Gasteiger partial charge in [-0.25, -0.2) is 4.79 Å². The lowest BCUT2D eigenvalue weighted by molar-refractivity contribution is -0.137. The fourth-order valence-electron chi connectivity index (χ4n) is 1.95. The van der Waals surface area contributed by atoms with Gasteiger partial charge in [0.25, 0.3) is 0 Å². The molecule has 1 atom stereocenters. The highest BCUT2D eigenvalue weighted by Crippen LogP contribution is 2.12. The number of hydrogen-bond donors (Lipinski definition) is 2. The van der Waals surface area contributed by atoms with Crippen molar-refractivity contribution in [1.29, 1.82) is 0 Å². The number of carbonyl (C=O) groups is 3. The third kappa shape index (κ3) is 9.32. The van der Waals surface area contributed by atoms with E-state index in [-0.39, 0.29) is 24.6 Å². The van der Waals surface area contributed by atoms with Crippen LogP contribution in [-0.4, -0.2) is 34.0 Å². The molecule has 6 nitrogen and oxygen atoms in total. The first-order valence-corrected chi connectivity index (χ1v) is 8.81. The fraction of sp³-hybridized carbons (Fsp3) is 0.471. The topological polar surface area (TPSA) is 107 Å². The number of thioether (sulfide) groups is 1. The zero-order valence-corrected chi connectivity index (χ0v) is 14.3. The highest BCUT2D eigenvalue weighted by atomic mass is 32.2. The van der Waals surface area contributed by atoms with Crippen LogP contribution in [0.2, 0.25) is 0 Å². The minimum Gasteiger partial charge on any atom is -0.481 e. The van der Waals surface area contributed by atoms with E-state index in [9.17, 15) is 14.4 Å². The molecule has 7 heteroatoms. The van der Waals surface area contributed by atoms with Crippen LogP contribution in [0.15, 0.2) is 30.3 Å². The van der Waals surface area contributed by atoms with Gasteiger partial charge in [-0.15, -0.1) is 0 Å². The van der Waals surface area contributed by atoms with Crippen LogP contribution in [0.4, 0.5) is 4.79 Å². The molecule has 1 aromatic rings. The summed E-state index contributed by atoms with van der Waals surface area (Å²) in [7, 11) is 0. The highest BCUT2D eigenvalue weighted by Gasteiger charge is 2.16. The molecule has 0 fully saturated rings. The zero-order valence-electron chi connectivity index (χ0n) is 13.5. The molecule has 24 heavy (non-hydrogen) atoms. The van der Waals surface area contributed by atoms with Crippen LogP contribution in [0, 0.1) is 0 Å². The Morgan fingerprint density at radius 2 is 1.75 bits per heavy atom. The Hall–Kier alpha value is -1.86. The Labute approximate surface area is 145 Å². The van der Waals surface area contributed by atoms with Crippen LogP contribution >= 0.6 is 11.8 Å². The maximum atomic E-state index is 11.8. The van der Waals surface area contributed by atoms with Crippen molar-refractivity contribution in [3.8, 4) is 0 Å².